The van der Waals surface area contributed by atoms with E-state index in [9.17, 15) is 18.0 Å². The summed E-state index contributed by atoms with van der Waals surface area (Å²) >= 11 is 0. The Labute approximate surface area is 185 Å². The van der Waals surface area contributed by atoms with E-state index in [1.165, 1.54) is 24.7 Å². The zero-order valence-electron chi connectivity index (χ0n) is 17.4. The van der Waals surface area contributed by atoms with Crippen molar-refractivity contribution in [1.29, 1.82) is 0 Å². The molecule has 170 valence electrons. The Balaban J connectivity index is 1.74. The van der Waals surface area contributed by atoms with E-state index in [-0.39, 0.29) is 5.69 Å². The quantitative estimate of drug-likeness (QED) is 0.382. The van der Waals surface area contributed by atoms with Gasteiger partial charge in [0.2, 0.25) is 0 Å². The molecule has 1 aromatic carbocycles. The van der Waals surface area contributed by atoms with E-state index < -0.39 is 23.9 Å². The van der Waals surface area contributed by atoms with E-state index in [0.717, 1.165) is 16.8 Å². The van der Waals surface area contributed by atoms with Crippen LogP contribution in [0.3, 0.4) is 0 Å². The first-order valence-electron chi connectivity index (χ1n) is 9.68. The maximum Gasteiger partial charge on any atom is 0.432 e. The molecule has 9 nitrogen and oxygen atoms in total. The summed E-state index contributed by atoms with van der Waals surface area (Å²) in [4.78, 5) is 24.2. The maximum absolute atomic E-state index is 13.2. The first kappa shape index (κ1) is 22.0. The van der Waals surface area contributed by atoms with Gasteiger partial charge in [0.1, 0.15) is 11.6 Å². The second-order valence-electron chi connectivity index (χ2n) is 7.41. The van der Waals surface area contributed by atoms with Gasteiger partial charge in [0.15, 0.2) is 0 Å². The van der Waals surface area contributed by atoms with Crippen molar-refractivity contribution in [1.82, 2.24) is 24.7 Å². The van der Waals surface area contributed by atoms with E-state index in [4.69, 9.17) is 10.8 Å². The number of hydrogen-bond acceptors (Lipinski definition) is 7. The summed E-state index contributed by atoms with van der Waals surface area (Å²) in [5, 5.41) is 16.5. The number of anilines is 2. The first-order chi connectivity index (χ1) is 15.5. The van der Waals surface area contributed by atoms with Crippen LogP contribution < -0.4 is 11.1 Å². The third-order valence-corrected chi connectivity index (χ3v) is 4.93. The third kappa shape index (κ3) is 4.54. The minimum absolute atomic E-state index is 0.000806. The van der Waals surface area contributed by atoms with Gasteiger partial charge < -0.3 is 16.2 Å². The molecule has 0 radical (unpaired) electrons. The third-order valence-electron chi connectivity index (χ3n) is 4.93. The molecule has 4 aromatic rings. The lowest BCUT2D eigenvalue weighted by Gasteiger charge is -2.19. The van der Waals surface area contributed by atoms with Crippen molar-refractivity contribution in [2.75, 3.05) is 11.1 Å². The summed E-state index contributed by atoms with van der Waals surface area (Å²) in [7, 11) is 0. The van der Waals surface area contributed by atoms with Crippen LogP contribution in [0.4, 0.5) is 29.5 Å². The summed E-state index contributed by atoms with van der Waals surface area (Å²) in [6.07, 6.45) is -1.58. The van der Waals surface area contributed by atoms with Crippen molar-refractivity contribution in [2.24, 2.45) is 0 Å². The highest BCUT2D eigenvalue weighted by Crippen LogP contribution is 2.34. The van der Waals surface area contributed by atoms with Crippen LogP contribution in [0, 0.1) is 6.92 Å². The number of hydrogen-bond donors (Lipinski definition) is 3. The minimum atomic E-state index is -4.52. The molecular formula is C21H18F3N7O2. The van der Waals surface area contributed by atoms with Crippen LogP contribution in [0.25, 0.3) is 22.2 Å². The lowest BCUT2D eigenvalue weighted by Crippen LogP contribution is -2.13. The van der Waals surface area contributed by atoms with Crippen LogP contribution in [0.15, 0.2) is 42.9 Å². The van der Waals surface area contributed by atoms with Crippen molar-refractivity contribution in [3.63, 3.8) is 0 Å². The number of aryl methyl sites for hydroxylation is 1. The number of carboxylic acid groups (broad SMARTS) is 1. The van der Waals surface area contributed by atoms with Gasteiger partial charge in [-0.3, -0.25) is 4.98 Å². The van der Waals surface area contributed by atoms with Crippen molar-refractivity contribution in [3.05, 3.63) is 59.8 Å². The van der Waals surface area contributed by atoms with Gasteiger partial charge in [-0.05, 0) is 43.7 Å². The van der Waals surface area contributed by atoms with Gasteiger partial charge in [-0.2, -0.15) is 23.0 Å². The molecule has 0 amide bonds. The molecule has 0 saturated heterocycles. The molecule has 0 aliphatic heterocycles. The van der Waals surface area contributed by atoms with Gasteiger partial charge in [-0.25, -0.2) is 14.8 Å². The van der Waals surface area contributed by atoms with Gasteiger partial charge in [0.05, 0.1) is 35.2 Å². The van der Waals surface area contributed by atoms with Crippen LogP contribution in [-0.2, 0) is 6.18 Å². The lowest BCUT2D eigenvalue weighted by atomic mass is 10.0. The number of nitrogens with two attached hydrogens (primary N) is 1. The molecule has 0 spiro atoms. The van der Waals surface area contributed by atoms with Crippen LogP contribution in [0.5, 0.6) is 0 Å². The monoisotopic (exact) mass is 457 g/mol. The van der Waals surface area contributed by atoms with Gasteiger partial charge in [0, 0.05) is 22.8 Å². The number of halogens is 3. The fourth-order valence-corrected chi connectivity index (χ4v) is 3.35. The molecular weight excluding hydrogens is 439 g/mol. The van der Waals surface area contributed by atoms with Crippen LogP contribution in [-0.4, -0.2) is 35.9 Å². The van der Waals surface area contributed by atoms with E-state index in [1.54, 1.807) is 19.9 Å². The molecule has 4 N–H and O–H groups in total. The van der Waals surface area contributed by atoms with Crippen LogP contribution in [0.1, 0.15) is 29.9 Å². The molecule has 0 unspecified atom stereocenters. The lowest BCUT2D eigenvalue weighted by molar-refractivity contribution is -0.137. The van der Waals surface area contributed by atoms with Crippen molar-refractivity contribution >= 4 is 28.5 Å². The fourth-order valence-electron chi connectivity index (χ4n) is 3.35. The highest BCUT2D eigenvalue weighted by molar-refractivity contribution is 5.91. The normalized spacial score (nSPS) is 12.6. The van der Waals surface area contributed by atoms with Gasteiger partial charge in [-0.15, -0.1) is 0 Å². The Morgan fingerprint density at radius 3 is 2.61 bits per heavy atom. The number of fused-ring (bicyclic) bond motifs is 1. The second-order valence-corrected chi connectivity index (χ2v) is 7.41. The summed E-state index contributed by atoms with van der Waals surface area (Å²) in [5.41, 5.74) is 6.60. The molecule has 33 heavy (non-hydrogen) atoms. The van der Waals surface area contributed by atoms with E-state index in [2.05, 4.69) is 25.4 Å². The van der Waals surface area contributed by atoms with Crippen LogP contribution >= 0.6 is 0 Å². The first-order valence-corrected chi connectivity index (χ1v) is 9.68. The Morgan fingerprint density at radius 1 is 1.18 bits per heavy atom. The summed E-state index contributed by atoms with van der Waals surface area (Å²) < 4.78 is 40.4. The second kappa shape index (κ2) is 8.04. The molecule has 0 bridgehead atoms. The van der Waals surface area contributed by atoms with Crippen molar-refractivity contribution < 1.29 is 23.1 Å². The topological polar surface area (TPSA) is 132 Å². The van der Waals surface area contributed by atoms with Crippen molar-refractivity contribution in [2.45, 2.75) is 26.1 Å². The summed E-state index contributed by atoms with van der Waals surface area (Å²) in [6, 6.07) is 4.48. The SMILES string of the molecule is Cc1nc(N[C@H](C)c2cc(N)cc(C(F)(F)F)c2)c2cc(-c3cnn(C(=O)O)c3)ncc2n1. The Bertz CT molecular complexity index is 1370. The van der Waals surface area contributed by atoms with E-state index >= 15 is 0 Å². The standard InChI is InChI=1S/C21H18F3N7O2/c1-10(12-3-14(21(22,23)24)5-15(25)4-12)28-19-16-6-17(13-7-27-31(9-13)20(32)33)26-8-18(16)29-11(2)30-19/h3-10H,25H2,1-2H3,(H,32,33)(H,28,29,30)/t10-/m1/s1. The highest BCUT2D eigenvalue weighted by atomic mass is 19.4. The number of nitrogens with one attached hydrogen (secondary N) is 1. The Hall–Kier alpha value is -4.22. The molecule has 0 fully saturated rings. The molecule has 0 saturated carbocycles. The zero-order valence-corrected chi connectivity index (χ0v) is 17.4. The zero-order chi connectivity index (χ0) is 23.9. The minimum Gasteiger partial charge on any atom is -0.463 e. The number of aromatic nitrogens is 5. The van der Waals surface area contributed by atoms with Gasteiger partial charge >= 0.3 is 12.3 Å². The van der Waals surface area contributed by atoms with Crippen molar-refractivity contribution in [3.8, 4) is 11.3 Å². The summed E-state index contributed by atoms with van der Waals surface area (Å²) in [6.45, 7) is 3.37. The Kier molecular flexibility index (Phi) is 5.36. The number of nitrogen functional groups attached to an aromatic ring is 1. The number of carbonyl (C=O) groups is 1. The van der Waals surface area contributed by atoms with Gasteiger partial charge in [-0.1, -0.05) is 0 Å². The molecule has 1 atom stereocenters. The molecule has 0 aliphatic carbocycles. The van der Waals surface area contributed by atoms with Crippen LogP contribution in [0.2, 0.25) is 0 Å². The van der Waals surface area contributed by atoms with Gasteiger partial charge in [0.25, 0.3) is 0 Å². The Morgan fingerprint density at radius 2 is 1.94 bits per heavy atom. The number of nitrogens with zero attached hydrogens (tertiary/aromatic N) is 5. The average molecular weight is 457 g/mol. The molecule has 3 heterocycles. The predicted molar refractivity (Wildman–Crippen MR) is 115 cm³/mol. The number of pyridine rings is 1. The summed E-state index contributed by atoms with van der Waals surface area (Å²) in [5.74, 6) is 0.823. The largest absolute Gasteiger partial charge is 0.463 e. The molecule has 0 aliphatic rings. The van der Waals surface area contributed by atoms with E-state index in [0.29, 0.717) is 39.4 Å². The predicted octanol–water partition coefficient (Wildman–Crippen LogP) is 4.50. The average Bonchev–Trinajstić information content (AvgIpc) is 3.23. The highest BCUT2D eigenvalue weighted by Gasteiger charge is 2.31. The fraction of sp³-hybridized carbons (Fsp3) is 0.190. The number of rotatable bonds is 4. The number of benzene rings is 1. The number of alkyl halides is 3. The molecule has 4 rings (SSSR count). The molecule has 3 aromatic heterocycles. The maximum atomic E-state index is 13.2. The molecule has 12 heteroatoms. The van der Waals surface area contributed by atoms with E-state index in [1.807, 2.05) is 0 Å². The smallest absolute Gasteiger partial charge is 0.432 e.